The summed E-state index contributed by atoms with van der Waals surface area (Å²) in [6.07, 6.45) is 3.43. The van der Waals surface area contributed by atoms with Gasteiger partial charge in [-0.25, -0.2) is 0 Å². The lowest BCUT2D eigenvalue weighted by atomic mass is 10.1. The highest BCUT2D eigenvalue weighted by Crippen LogP contribution is 2.17. The van der Waals surface area contributed by atoms with Crippen molar-refractivity contribution in [2.75, 3.05) is 5.32 Å². The fourth-order valence-electron chi connectivity index (χ4n) is 2.31. The Labute approximate surface area is 118 Å². The second kappa shape index (κ2) is 5.29. The molecular weight excluding hydrogens is 246 g/mol. The molecule has 3 heteroatoms. The van der Waals surface area contributed by atoms with Crippen molar-refractivity contribution in [3.8, 4) is 0 Å². The van der Waals surface area contributed by atoms with Crippen molar-refractivity contribution in [2.45, 2.75) is 20.4 Å². The van der Waals surface area contributed by atoms with Gasteiger partial charge in [-0.05, 0) is 43.2 Å². The fourth-order valence-corrected chi connectivity index (χ4v) is 2.31. The third kappa shape index (κ3) is 2.62. The van der Waals surface area contributed by atoms with Gasteiger partial charge < -0.3 is 5.32 Å². The van der Waals surface area contributed by atoms with Crippen molar-refractivity contribution in [1.82, 2.24) is 9.97 Å². The Hall–Kier alpha value is -2.42. The van der Waals surface area contributed by atoms with Gasteiger partial charge in [-0.15, -0.1) is 0 Å². The zero-order chi connectivity index (χ0) is 13.9. The summed E-state index contributed by atoms with van der Waals surface area (Å²) in [6, 6.07) is 12.6. The van der Waals surface area contributed by atoms with E-state index in [0.717, 1.165) is 23.3 Å². The molecule has 0 aliphatic heterocycles. The number of rotatable bonds is 3. The van der Waals surface area contributed by atoms with Gasteiger partial charge in [-0.2, -0.15) is 0 Å². The van der Waals surface area contributed by atoms with Gasteiger partial charge in [-0.3, -0.25) is 9.97 Å². The SMILES string of the molecule is Cc1ccc(CNc2ccc3nccnc3c2)c(C)c1. The summed E-state index contributed by atoms with van der Waals surface area (Å²) in [5.74, 6) is 0. The molecule has 1 heterocycles. The largest absolute Gasteiger partial charge is 0.381 e. The highest BCUT2D eigenvalue weighted by atomic mass is 14.9. The highest BCUT2D eigenvalue weighted by molar-refractivity contribution is 5.78. The van der Waals surface area contributed by atoms with Crippen LogP contribution in [0.2, 0.25) is 0 Å². The maximum atomic E-state index is 4.32. The third-order valence-corrected chi connectivity index (χ3v) is 3.45. The molecule has 0 amide bonds. The quantitative estimate of drug-likeness (QED) is 0.779. The van der Waals surface area contributed by atoms with E-state index in [2.05, 4.69) is 47.3 Å². The van der Waals surface area contributed by atoms with E-state index in [1.165, 1.54) is 16.7 Å². The number of aryl methyl sites for hydroxylation is 2. The molecule has 0 unspecified atom stereocenters. The standard InChI is InChI=1S/C17H17N3/c1-12-3-4-14(13(2)9-12)11-20-15-5-6-16-17(10-15)19-8-7-18-16/h3-10,20H,11H2,1-2H3. The van der Waals surface area contributed by atoms with Gasteiger partial charge >= 0.3 is 0 Å². The van der Waals surface area contributed by atoms with Crippen LogP contribution in [0.5, 0.6) is 0 Å². The smallest absolute Gasteiger partial charge is 0.0907 e. The molecule has 1 N–H and O–H groups in total. The monoisotopic (exact) mass is 263 g/mol. The summed E-state index contributed by atoms with van der Waals surface area (Å²) < 4.78 is 0. The lowest BCUT2D eigenvalue weighted by molar-refractivity contribution is 1.11. The maximum Gasteiger partial charge on any atom is 0.0907 e. The second-order valence-electron chi connectivity index (χ2n) is 5.04. The molecule has 0 saturated carbocycles. The Bertz CT molecular complexity index is 750. The van der Waals surface area contributed by atoms with Gasteiger partial charge in [0, 0.05) is 24.6 Å². The molecule has 0 spiro atoms. The first-order valence-corrected chi connectivity index (χ1v) is 6.73. The molecule has 1 aromatic heterocycles. The molecule has 0 radical (unpaired) electrons. The van der Waals surface area contributed by atoms with E-state index in [9.17, 15) is 0 Å². The predicted molar refractivity (Wildman–Crippen MR) is 82.8 cm³/mol. The molecule has 3 aromatic rings. The van der Waals surface area contributed by atoms with Crippen molar-refractivity contribution >= 4 is 16.7 Å². The van der Waals surface area contributed by atoms with Gasteiger partial charge in [0.1, 0.15) is 0 Å². The van der Waals surface area contributed by atoms with Crippen molar-refractivity contribution in [1.29, 1.82) is 0 Å². The van der Waals surface area contributed by atoms with Crippen LogP contribution in [-0.4, -0.2) is 9.97 Å². The summed E-state index contributed by atoms with van der Waals surface area (Å²) in [6.45, 7) is 5.08. The second-order valence-corrected chi connectivity index (χ2v) is 5.04. The first-order valence-electron chi connectivity index (χ1n) is 6.73. The summed E-state index contributed by atoms with van der Waals surface area (Å²) in [7, 11) is 0. The molecule has 0 saturated heterocycles. The molecule has 2 aromatic carbocycles. The first kappa shape index (κ1) is 12.6. The molecule has 0 bridgehead atoms. The summed E-state index contributed by atoms with van der Waals surface area (Å²) in [5.41, 5.74) is 6.83. The molecule has 0 aliphatic carbocycles. The molecule has 0 aliphatic rings. The highest BCUT2D eigenvalue weighted by Gasteiger charge is 2.01. The third-order valence-electron chi connectivity index (χ3n) is 3.45. The average Bonchev–Trinajstić information content (AvgIpc) is 2.46. The lowest BCUT2D eigenvalue weighted by Gasteiger charge is -2.10. The number of nitrogens with one attached hydrogen (secondary N) is 1. The van der Waals surface area contributed by atoms with E-state index in [0.29, 0.717) is 0 Å². The minimum atomic E-state index is 0.817. The Balaban J connectivity index is 1.79. The Morgan fingerprint density at radius 3 is 2.50 bits per heavy atom. The number of nitrogens with zero attached hydrogens (tertiary/aromatic N) is 2. The zero-order valence-corrected chi connectivity index (χ0v) is 11.7. The number of aromatic nitrogens is 2. The molecule has 3 nitrogen and oxygen atoms in total. The number of anilines is 1. The van der Waals surface area contributed by atoms with Crippen molar-refractivity contribution in [3.05, 3.63) is 65.5 Å². The van der Waals surface area contributed by atoms with Gasteiger partial charge in [0.25, 0.3) is 0 Å². The molecule has 0 fully saturated rings. The number of benzene rings is 2. The normalized spacial score (nSPS) is 10.7. The van der Waals surface area contributed by atoms with E-state index >= 15 is 0 Å². The number of hydrogen-bond acceptors (Lipinski definition) is 3. The summed E-state index contributed by atoms with van der Waals surface area (Å²) in [4.78, 5) is 8.60. The molecule has 0 atom stereocenters. The molecule has 100 valence electrons. The lowest BCUT2D eigenvalue weighted by Crippen LogP contribution is -2.01. The number of hydrogen-bond donors (Lipinski definition) is 1. The van der Waals surface area contributed by atoms with Crippen LogP contribution < -0.4 is 5.32 Å². The topological polar surface area (TPSA) is 37.8 Å². The van der Waals surface area contributed by atoms with Crippen LogP contribution in [0.1, 0.15) is 16.7 Å². The predicted octanol–water partition coefficient (Wildman–Crippen LogP) is 3.86. The molecular formula is C17H17N3. The van der Waals surface area contributed by atoms with Crippen LogP contribution in [0.4, 0.5) is 5.69 Å². The van der Waals surface area contributed by atoms with Gasteiger partial charge in [0.05, 0.1) is 11.0 Å². The van der Waals surface area contributed by atoms with Crippen LogP contribution in [0.15, 0.2) is 48.8 Å². The zero-order valence-electron chi connectivity index (χ0n) is 11.7. The van der Waals surface area contributed by atoms with Crippen LogP contribution in [0, 0.1) is 13.8 Å². The van der Waals surface area contributed by atoms with E-state index < -0.39 is 0 Å². The van der Waals surface area contributed by atoms with Gasteiger partial charge in [0.2, 0.25) is 0 Å². The summed E-state index contributed by atoms with van der Waals surface area (Å²) in [5, 5.41) is 3.45. The van der Waals surface area contributed by atoms with E-state index in [4.69, 9.17) is 0 Å². The van der Waals surface area contributed by atoms with E-state index in [1.54, 1.807) is 12.4 Å². The van der Waals surface area contributed by atoms with E-state index in [-0.39, 0.29) is 0 Å². The molecule has 20 heavy (non-hydrogen) atoms. The van der Waals surface area contributed by atoms with Crippen molar-refractivity contribution in [3.63, 3.8) is 0 Å². The van der Waals surface area contributed by atoms with Crippen LogP contribution in [0.25, 0.3) is 11.0 Å². The number of fused-ring (bicyclic) bond motifs is 1. The first-order chi connectivity index (χ1) is 9.72. The van der Waals surface area contributed by atoms with Crippen LogP contribution >= 0.6 is 0 Å². The van der Waals surface area contributed by atoms with Crippen molar-refractivity contribution in [2.24, 2.45) is 0 Å². The van der Waals surface area contributed by atoms with Gasteiger partial charge in [0.15, 0.2) is 0 Å². The van der Waals surface area contributed by atoms with Crippen molar-refractivity contribution < 1.29 is 0 Å². The average molecular weight is 263 g/mol. The van der Waals surface area contributed by atoms with Crippen LogP contribution in [0.3, 0.4) is 0 Å². The Morgan fingerprint density at radius 2 is 1.70 bits per heavy atom. The molecule has 3 rings (SSSR count). The summed E-state index contributed by atoms with van der Waals surface area (Å²) >= 11 is 0. The minimum absolute atomic E-state index is 0.817. The van der Waals surface area contributed by atoms with Gasteiger partial charge in [-0.1, -0.05) is 23.8 Å². The van der Waals surface area contributed by atoms with Crippen LogP contribution in [-0.2, 0) is 6.54 Å². The fraction of sp³-hybridized carbons (Fsp3) is 0.176. The minimum Gasteiger partial charge on any atom is -0.381 e. The van der Waals surface area contributed by atoms with E-state index in [1.807, 2.05) is 18.2 Å². The Kier molecular flexibility index (Phi) is 3.33. The Morgan fingerprint density at radius 1 is 0.900 bits per heavy atom. The maximum absolute atomic E-state index is 4.32.